The van der Waals surface area contributed by atoms with E-state index in [-0.39, 0.29) is 35.2 Å². The average molecular weight is 540 g/mol. The van der Waals surface area contributed by atoms with E-state index in [1.807, 2.05) is 13.8 Å². The Morgan fingerprint density at radius 2 is 1.84 bits per heavy atom. The number of carbonyl (C=O) groups is 2. The Morgan fingerprint density at radius 1 is 1.11 bits per heavy atom. The molecule has 1 fully saturated rings. The summed E-state index contributed by atoms with van der Waals surface area (Å²) in [6.07, 6.45) is 3.86. The Labute approximate surface area is 221 Å². The number of benzene rings is 1. The lowest BCUT2D eigenvalue weighted by Crippen LogP contribution is -2.40. The molecular weight excluding hydrogens is 512 g/mol. The molecular formula is C27H27F2N5O3S. The number of rotatable bonds is 6. The molecule has 0 aliphatic heterocycles. The summed E-state index contributed by atoms with van der Waals surface area (Å²) in [6.45, 7) is 5.66. The monoisotopic (exact) mass is 539 g/mol. The third kappa shape index (κ3) is 4.85. The zero-order valence-electron chi connectivity index (χ0n) is 21.2. The minimum atomic E-state index is -0.765. The lowest BCUT2D eigenvalue weighted by molar-refractivity contribution is 0.0881. The van der Waals surface area contributed by atoms with E-state index in [4.69, 9.17) is 10.5 Å². The van der Waals surface area contributed by atoms with E-state index >= 15 is 0 Å². The molecule has 3 N–H and O–H groups in total. The minimum absolute atomic E-state index is 0.0653. The van der Waals surface area contributed by atoms with Gasteiger partial charge in [0.15, 0.2) is 5.82 Å². The zero-order valence-corrected chi connectivity index (χ0v) is 22.0. The number of hydrogen-bond donors (Lipinski definition) is 2. The molecule has 3 aromatic heterocycles. The number of thiophene rings is 1. The summed E-state index contributed by atoms with van der Waals surface area (Å²) < 4.78 is 35.8. The van der Waals surface area contributed by atoms with Crippen LogP contribution in [-0.2, 0) is 0 Å². The Morgan fingerprint density at radius 3 is 2.53 bits per heavy atom. The van der Waals surface area contributed by atoms with Gasteiger partial charge in [0.25, 0.3) is 11.8 Å². The first-order valence-electron chi connectivity index (χ1n) is 12.3. The Balaban J connectivity index is 1.24. The van der Waals surface area contributed by atoms with Crippen LogP contribution in [0.25, 0.3) is 15.9 Å². The second-order valence-corrected chi connectivity index (χ2v) is 10.8. The number of hydrogen-bond acceptors (Lipinski definition) is 6. The van der Waals surface area contributed by atoms with Crippen molar-refractivity contribution in [1.29, 1.82) is 0 Å². The number of aryl methyl sites for hydroxylation is 2. The van der Waals surface area contributed by atoms with Crippen molar-refractivity contribution in [1.82, 2.24) is 20.1 Å². The number of carbonyl (C=O) groups excluding carboxylic acids is 2. The van der Waals surface area contributed by atoms with Crippen molar-refractivity contribution in [2.75, 3.05) is 0 Å². The highest BCUT2D eigenvalue weighted by Crippen LogP contribution is 2.34. The molecule has 0 spiro atoms. The fourth-order valence-corrected chi connectivity index (χ4v) is 5.83. The van der Waals surface area contributed by atoms with Crippen molar-refractivity contribution in [3.63, 3.8) is 0 Å². The largest absolute Gasteiger partial charge is 0.474 e. The van der Waals surface area contributed by atoms with Crippen LogP contribution >= 0.6 is 11.3 Å². The Bertz CT molecular complexity index is 1560. The van der Waals surface area contributed by atoms with Gasteiger partial charge in [-0.15, -0.1) is 11.3 Å². The molecule has 3 heterocycles. The topological polar surface area (TPSA) is 112 Å². The van der Waals surface area contributed by atoms with Gasteiger partial charge in [0.05, 0.1) is 27.7 Å². The number of pyridine rings is 1. The maximum absolute atomic E-state index is 14.2. The fourth-order valence-electron chi connectivity index (χ4n) is 4.77. The molecule has 0 radical (unpaired) electrons. The molecule has 0 bridgehead atoms. The number of nitrogens with two attached hydrogens (primary N) is 1. The van der Waals surface area contributed by atoms with Gasteiger partial charge < -0.3 is 15.8 Å². The van der Waals surface area contributed by atoms with Crippen LogP contribution in [0.4, 0.5) is 8.78 Å². The molecule has 1 saturated carbocycles. The first-order chi connectivity index (χ1) is 18.1. The first kappa shape index (κ1) is 25.8. The molecule has 8 nitrogen and oxygen atoms in total. The molecule has 4 aromatic rings. The quantitative estimate of drug-likeness (QED) is 0.362. The standard InChI is InChI=1S/C27H27F2N5O3S/c1-13-15(3)38-23-11-19(25(30)35)27(33-24(13)23)37-18-7-5-17(6-8-18)32-26(36)20-12-31-34(14(20)2)22-9-4-16(28)10-21(22)29/h4,9-12,17-18H,5-8H2,1-3H3,(H2,30,35)(H,32,36). The van der Waals surface area contributed by atoms with Gasteiger partial charge in [0, 0.05) is 17.0 Å². The summed E-state index contributed by atoms with van der Waals surface area (Å²) in [6, 6.07) is 4.86. The molecule has 5 rings (SSSR count). The van der Waals surface area contributed by atoms with Crippen molar-refractivity contribution in [3.8, 4) is 11.6 Å². The highest BCUT2D eigenvalue weighted by molar-refractivity contribution is 7.19. The van der Waals surface area contributed by atoms with Gasteiger partial charge in [0.2, 0.25) is 5.88 Å². The summed E-state index contributed by atoms with van der Waals surface area (Å²) in [5.74, 6) is -2.11. The van der Waals surface area contributed by atoms with Gasteiger partial charge in [-0.3, -0.25) is 9.59 Å². The van der Waals surface area contributed by atoms with Gasteiger partial charge in [-0.1, -0.05) is 0 Å². The van der Waals surface area contributed by atoms with Crippen LogP contribution in [0.3, 0.4) is 0 Å². The molecule has 1 aromatic carbocycles. The molecule has 1 aliphatic rings. The molecule has 38 heavy (non-hydrogen) atoms. The predicted octanol–water partition coefficient (Wildman–Crippen LogP) is 4.90. The molecule has 2 amide bonds. The zero-order chi connectivity index (χ0) is 27.1. The van der Waals surface area contributed by atoms with Crippen LogP contribution in [-0.4, -0.2) is 38.7 Å². The number of nitrogens with one attached hydrogen (secondary N) is 1. The maximum Gasteiger partial charge on any atom is 0.254 e. The van der Waals surface area contributed by atoms with Gasteiger partial charge >= 0.3 is 0 Å². The second-order valence-electron chi connectivity index (χ2n) is 9.55. The van der Waals surface area contributed by atoms with E-state index in [0.29, 0.717) is 36.9 Å². The van der Waals surface area contributed by atoms with E-state index in [0.717, 1.165) is 32.8 Å². The van der Waals surface area contributed by atoms with Crippen molar-refractivity contribution in [3.05, 3.63) is 69.4 Å². The third-order valence-corrected chi connectivity index (χ3v) is 8.19. The van der Waals surface area contributed by atoms with Crippen molar-refractivity contribution < 1.29 is 23.1 Å². The highest BCUT2D eigenvalue weighted by Gasteiger charge is 2.27. The van der Waals surface area contributed by atoms with E-state index in [9.17, 15) is 18.4 Å². The molecule has 1 aliphatic carbocycles. The number of fused-ring (bicyclic) bond motifs is 1. The minimum Gasteiger partial charge on any atom is -0.474 e. The highest BCUT2D eigenvalue weighted by atomic mass is 32.1. The molecule has 0 unspecified atom stereocenters. The van der Waals surface area contributed by atoms with E-state index in [2.05, 4.69) is 15.4 Å². The maximum atomic E-state index is 14.2. The summed E-state index contributed by atoms with van der Waals surface area (Å²) in [7, 11) is 0. The van der Waals surface area contributed by atoms with Crippen LogP contribution in [0.1, 0.15) is 62.5 Å². The van der Waals surface area contributed by atoms with Gasteiger partial charge in [-0.2, -0.15) is 5.10 Å². The van der Waals surface area contributed by atoms with Crippen molar-refractivity contribution in [2.45, 2.75) is 58.6 Å². The summed E-state index contributed by atoms with van der Waals surface area (Å²) in [5, 5.41) is 7.15. The van der Waals surface area contributed by atoms with Gasteiger partial charge in [-0.05, 0) is 70.2 Å². The van der Waals surface area contributed by atoms with Gasteiger partial charge in [0.1, 0.15) is 23.2 Å². The number of amides is 2. The first-order valence-corrected chi connectivity index (χ1v) is 13.1. The fraction of sp³-hybridized carbons (Fsp3) is 0.333. The number of halogens is 2. The number of aromatic nitrogens is 3. The Kier molecular flexibility index (Phi) is 6.87. The molecule has 198 valence electrons. The summed E-state index contributed by atoms with van der Waals surface area (Å²) in [5.41, 5.74) is 8.57. The molecule has 0 saturated heterocycles. The van der Waals surface area contributed by atoms with Gasteiger partial charge in [-0.25, -0.2) is 18.4 Å². The summed E-state index contributed by atoms with van der Waals surface area (Å²) >= 11 is 1.57. The van der Waals surface area contributed by atoms with E-state index in [1.54, 1.807) is 24.3 Å². The van der Waals surface area contributed by atoms with Crippen LogP contribution in [0.15, 0.2) is 30.5 Å². The SMILES string of the molecule is Cc1sc2cc(C(N)=O)c(OC3CCC(NC(=O)c4cnn(-c5ccc(F)cc5F)c4C)CC3)nc2c1C. The van der Waals surface area contributed by atoms with Crippen LogP contribution in [0, 0.1) is 32.4 Å². The van der Waals surface area contributed by atoms with E-state index < -0.39 is 17.5 Å². The lowest BCUT2D eigenvalue weighted by Gasteiger charge is -2.29. The number of nitrogens with zero attached hydrogens (tertiary/aromatic N) is 3. The molecule has 11 heteroatoms. The van der Waals surface area contributed by atoms with Crippen LogP contribution < -0.4 is 15.8 Å². The lowest BCUT2D eigenvalue weighted by atomic mass is 9.92. The molecule has 0 atom stereocenters. The third-order valence-electron chi connectivity index (χ3n) is 7.04. The predicted molar refractivity (Wildman–Crippen MR) is 140 cm³/mol. The van der Waals surface area contributed by atoms with Crippen molar-refractivity contribution in [2.24, 2.45) is 5.73 Å². The number of primary amides is 1. The van der Waals surface area contributed by atoms with E-state index in [1.165, 1.54) is 16.9 Å². The average Bonchev–Trinajstić information content (AvgIpc) is 3.38. The van der Waals surface area contributed by atoms with Crippen LogP contribution in [0.2, 0.25) is 0 Å². The van der Waals surface area contributed by atoms with Crippen molar-refractivity contribution >= 4 is 33.4 Å². The second kappa shape index (κ2) is 10.1. The Hall–Kier alpha value is -3.86. The smallest absolute Gasteiger partial charge is 0.254 e. The summed E-state index contributed by atoms with van der Waals surface area (Å²) in [4.78, 5) is 30.8. The number of ether oxygens (including phenoxy) is 1. The normalized spacial score (nSPS) is 17.5. The van der Waals surface area contributed by atoms with Crippen LogP contribution in [0.5, 0.6) is 5.88 Å².